The van der Waals surface area contributed by atoms with Gasteiger partial charge in [0, 0.05) is 16.8 Å². The van der Waals surface area contributed by atoms with Gasteiger partial charge in [0.2, 0.25) is 0 Å². The summed E-state index contributed by atoms with van der Waals surface area (Å²) in [6.45, 7) is 11.5. The van der Waals surface area contributed by atoms with Crippen LogP contribution >= 0.6 is 0 Å². The second kappa shape index (κ2) is 10.4. The van der Waals surface area contributed by atoms with Gasteiger partial charge in [0.25, 0.3) is 0 Å². The zero-order chi connectivity index (χ0) is 32.6. The standard InChI is InChI=1S/C47H37N/c1-5-6-23-44-32(3)46(4,33-16-8-7-9-17-33)41-22-14-15-24-45(41)48(44)34-26-28-38-37-27-25-31(2)29-42(37)47(43(38)30-34)39-20-12-10-18-35(39)36-19-11-13-21-40(36)47/h5-30H,3H2,1-2,4H3/b6-5-,44-23+. The molecule has 1 heteroatoms. The lowest BCUT2D eigenvalue weighted by Gasteiger charge is -2.46. The zero-order valence-electron chi connectivity index (χ0n) is 27.7. The van der Waals surface area contributed by atoms with Crippen LogP contribution in [0.5, 0.6) is 0 Å². The van der Waals surface area contributed by atoms with Gasteiger partial charge in [-0.1, -0.05) is 146 Å². The second-order valence-electron chi connectivity index (χ2n) is 13.5. The number of anilines is 2. The predicted molar refractivity (Wildman–Crippen MR) is 201 cm³/mol. The molecule has 1 atom stereocenters. The van der Waals surface area contributed by atoms with Crippen molar-refractivity contribution in [3.63, 3.8) is 0 Å². The molecule has 0 N–H and O–H groups in total. The summed E-state index contributed by atoms with van der Waals surface area (Å²) in [6.07, 6.45) is 6.48. The van der Waals surface area contributed by atoms with Crippen LogP contribution < -0.4 is 4.90 Å². The van der Waals surface area contributed by atoms with Crippen molar-refractivity contribution < 1.29 is 0 Å². The van der Waals surface area contributed by atoms with Crippen LogP contribution in [0.4, 0.5) is 11.4 Å². The highest BCUT2D eigenvalue weighted by atomic mass is 15.2. The maximum atomic E-state index is 4.85. The van der Waals surface area contributed by atoms with Crippen LogP contribution in [-0.2, 0) is 10.8 Å². The lowest BCUT2D eigenvalue weighted by molar-refractivity contribution is 0.662. The summed E-state index contributed by atoms with van der Waals surface area (Å²) in [4.78, 5) is 2.44. The van der Waals surface area contributed by atoms with Gasteiger partial charge in [-0.3, -0.25) is 0 Å². The highest BCUT2D eigenvalue weighted by molar-refractivity contribution is 5.96. The van der Waals surface area contributed by atoms with Crippen LogP contribution in [0.3, 0.4) is 0 Å². The molecule has 0 aromatic heterocycles. The fourth-order valence-corrected chi connectivity index (χ4v) is 8.90. The SMILES string of the molecule is C=C1/C(=C\C=C/C)N(c2ccc3c(c2)C2(c4ccccc4-c4ccccc42)c2cc(C)ccc2-3)c2ccccc2C1(C)c1ccccc1. The molecule has 9 rings (SSSR count). The quantitative estimate of drug-likeness (QED) is 0.191. The van der Waals surface area contributed by atoms with Gasteiger partial charge >= 0.3 is 0 Å². The summed E-state index contributed by atoms with van der Waals surface area (Å²) in [5.74, 6) is 0. The largest absolute Gasteiger partial charge is 0.310 e. The third-order valence-electron chi connectivity index (χ3n) is 11.1. The number of hydrogen-bond donors (Lipinski definition) is 0. The van der Waals surface area contributed by atoms with Gasteiger partial charge in [-0.05, 0) is 106 Å². The molecule has 0 bridgehead atoms. The van der Waals surface area contributed by atoms with Crippen LogP contribution in [-0.4, -0.2) is 0 Å². The molecule has 1 aliphatic heterocycles. The fraction of sp³-hybridized carbons (Fsp3) is 0.106. The number of nitrogens with zero attached hydrogens (tertiary/aromatic N) is 1. The van der Waals surface area contributed by atoms with Crippen molar-refractivity contribution in [1.82, 2.24) is 0 Å². The molecule has 0 saturated heterocycles. The molecule has 3 aliphatic rings. The summed E-state index contributed by atoms with van der Waals surface area (Å²) in [5, 5.41) is 0. The van der Waals surface area contributed by atoms with Crippen molar-refractivity contribution in [2.75, 3.05) is 4.90 Å². The summed E-state index contributed by atoms with van der Waals surface area (Å²) in [6, 6.07) is 51.9. The van der Waals surface area contributed by atoms with Crippen molar-refractivity contribution in [1.29, 1.82) is 0 Å². The molecule has 0 amide bonds. The van der Waals surface area contributed by atoms with E-state index in [2.05, 4.69) is 183 Å². The van der Waals surface area contributed by atoms with Gasteiger partial charge in [0.1, 0.15) is 0 Å². The third-order valence-corrected chi connectivity index (χ3v) is 11.1. The summed E-state index contributed by atoms with van der Waals surface area (Å²) in [5.41, 5.74) is 18.2. The Bertz CT molecular complexity index is 2310. The molecule has 1 unspecified atom stereocenters. The maximum Gasteiger partial charge on any atom is 0.0726 e. The van der Waals surface area contributed by atoms with Crippen molar-refractivity contribution in [2.45, 2.75) is 31.6 Å². The number of fused-ring (bicyclic) bond motifs is 11. The molecule has 6 aromatic rings. The predicted octanol–water partition coefficient (Wildman–Crippen LogP) is 11.8. The van der Waals surface area contributed by atoms with Crippen LogP contribution in [0.2, 0.25) is 0 Å². The Hall–Kier alpha value is -5.66. The first-order valence-electron chi connectivity index (χ1n) is 16.9. The monoisotopic (exact) mass is 615 g/mol. The third kappa shape index (κ3) is 3.62. The number of allylic oxidation sites excluding steroid dienone is 4. The fourth-order valence-electron chi connectivity index (χ4n) is 8.90. The molecule has 0 saturated carbocycles. The average molecular weight is 616 g/mol. The molecular weight excluding hydrogens is 579 g/mol. The van der Waals surface area contributed by atoms with E-state index in [9.17, 15) is 0 Å². The van der Waals surface area contributed by atoms with E-state index in [1.807, 2.05) is 0 Å². The normalized spacial score (nSPS) is 18.9. The highest BCUT2D eigenvalue weighted by Crippen LogP contribution is 2.64. The molecular formula is C47H37N. The van der Waals surface area contributed by atoms with Crippen molar-refractivity contribution >= 4 is 11.4 Å². The summed E-state index contributed by atoms with van der Waals surface area (Å²) < 4.78 is 0. The molecule has 6 aromatic carbocycles. The highest BCUT2D eigenvalue weighted by Gasteiger charge is 2.52. The minimum absolute atomic E-state index is 0.392. The first-order chi connectivity index (χ1) is 23.5. The average Bonchev–Trinajstić information content (AvgIpc) is 3.59. The van der Waals surface area contributed by atoms with Gasteiger partial charge in [-0.25, -0.2) is 0 Å². The molecule has 1 spiro atoms. The van der Waals surface area contributed by atoms with Gasteiger partial charge in [0.05, 0.1) is 11.1 Å². The van der Waals surface area contributed by atoms with Gasteiger partial charge in [-0.15, -0.1) is 0 Å². The van der Waals surface area contributed by atoms with E-state index in [-0.39, 0.29) is 0 Å². The number of aryl methyl sites for hydroxylation is 1. The topological polar surface area (TPSA) is 3.24 Å². The van der Waals surface area contributed by atoms with E-state index in [4.69, 9.17) is 6.58 Å². The Morgan fingerprint density at radius 3 is 1.83 bits per heavy atom. The van der Waals surface area contributed by atoms with Crippen molar-refractivity contribution in [3.05, 3.63) is 215 Å². The van der Waals surface area contributed by atoms with E-state index in [0.717, 1.165) is 17.0 Å². The van der Waals surface area contributed by atoms with Crippen LogP contribution in [0.15, 0.2) is 176 Å². The van der Waals surface area contributed by atoms with E-state index in [1.54, 1.807) is 0 Å². The Kier molecular flexibility index (Phi) is 6.20. The lowest BCUT2D eigenvalue weighted by atomic mass is 9.67. The summed E-state index contributed by atoms with van der Waals surface area (Å²) >= 11 is 0. The van der Waals surface area contributed by atoms with Crippen molar-refractivity contribution in [3.8, 4) is 22.3 Å². The first-order valence-corrected chi connectivity index (χ1v) is 16.9. The Morgan fingerprint density at radius 2 is 1.15 bits per heavy atom. The second-order valence-corrected chi connectivity index (χ2v) is 13.5. The van der Waals surface area contributed by atoms with Gasteiger partial charge in [0.15, 0.2) is 0 Å². The van der Waals surface area contributed by atoms with Crippen LogP contribution in [0.1, 0.15) is 52.8 Å². The number of benzene rings is 6. The molecule has 230 valence electrons. The summed E-state index contributed by atoms with van der Waals surface area (Å²) in [7, 11) is 0. The minimum atomic E-state index is -0.405. The zero-order valence-corrected chi connectivity index (χ0v) is 27.7. The Morgan fingerprint density at radius 1 is 0.583 bits per heavy atom. The molecule has 48 heavy (non-hydrogen) atoms. The van der Waals surface area contributed by atoms with E-state index in [1.165, 1.54) is 66.9 Å². The van der Waals surface area contributed by atoms with Gasteiger partial charge < -0.3 is 4.90 Å². The van der Waals surface area contributed by atoms with Crippen LogP contribution in [0, 0.1) is 6.92 Å². The molecule has 1 heterocycles. The number of hydrogen-bond acceptors (Lipinski definition) is 1. The molecule has 0 radical (unpaired) electrons. The Balaban J connectivity index is 1.35. The smallest absolute Gasteiger partial charge is 0.0726 e. The van der Waals surface area contributed by atoms with E-state index in [0.29, 0.717) is 0 Å². The van der Waals surface area contributed by atoms with Gasteiger partial charge in [-0.2, -0.15) is 0 Å². The minimum Gasteiger partial charge on any atom is -0.310 e. The molecule has 0 fully saturated rings. The molecule has 2 aliphatic carbocycles. The van der Waals surface area contributed by atoms with Crippen molar-refractivity contribution in [2.24, 2.45) is 0 Å². The van der Waals surface area contributed by atoms with Crippen LogP contribution in [0.25, 0.3) is 22.3 Å². The molecule has 1 nitrogen and oxygen atoms in total. The number of rotatable bonds is 3. The first kappa shape index (κ1) is 28.6. The van der Waals surface area contributed by atoms with E-state index >= 15 is 0 Å². The number of para-hydroxylation sites is 1. The Labute approximate surface area is 283 Å². The maximum absolute atomic E-state index is 4.85. The lowest BCUT2D eigenvalue weighted by Crippen LogP contribution is -2.38. The van der Waals surface area contributed by atoms with E-state index < -0.39 is 10.8 Å².